The van der Waals surface area contributed by atoms with Crippen LogP contribution in [0.25, 0.3) is 0 Å². The van der Waals surface area contributed by atoms with Crippen LogP contribution in [0.4, 0.5) is 5.69 Å². The van der Waals surface area contributed by atoms with Gasteiger partial charge in [-0.05, 0) is 37.1 Å². The van der Waals surface area contributed by atoms with Gasteiger partial charge in [-0.25, -0.2) is 0 Å². The molecule has 3 N–H and O–H groups in total. The molecule has 1 unspecified atom stereocenters. The minimum atomic E-state index is 0.531. The Morgan fingerprint density at radius 3 is 2.73 bits per heavy atom. The van der Waals surface area contributed by atoms with Crippen LogP contribution in [0.3, 0.4) is 0 Å². The molecule has 0 saturated carbocycles. The van der Waals surface area contributed by atoms with Gasteiger partial charge in [0.2, 0.25) is 0 Å². The zero-order valence-corrected chi connectivity index (χ0v) is 10.3. The Morgan fingerprint density at radius 2 is 2.13 bits per heavy atom. The molecule has 0 amide bonds. The van der Waals surface area contributed by atoms with Crippen molar-refractivity contribution >= 4 is 28.9 Å². The number of hydrogen-bond acceptors (Lipinski definition) is 2. The van der Waals surface area contributed by atoms with E-state index in [-0.39, 0.29) is 0 Å². The molecule has 0 spiro atoms. The molecule has 0 aromatic heterocycles. The zero-order chi connectivity index (χ0) is 11.3. The Hall–Kier alpha value is -0.440. The molecule has 0 saturated heterocycles. The van der Waals surface area contributed by atoms with Crippen LogP contribution in [0.5, 0.6) is 0 Å². The number of rotatable bonds is 5. The standard InChI is InChI=1S/C11H16Cl2N2/c1-8(7-14)4-5-15-11-3-2-9(12)6-10(11)13/h2-3,6,8,15H,4-5,7,14H2,1H3. The lowest BCUT2D eigenvalue weighted by Crippen LogP contribution is -2.15. The number of halogens is 2. The lowest BCUT2D eigenvalue weighted by molar-refractivity contribution is 0.561. The Kier molecular flexibility index (Phi) is 5.23. The third kappa shape index (κ3) is 4.29. The Bertz CT molecular complexity index is 315. The first-order valence-corrected chi connectivity index (χ1v) is 5.78. The second-order valence-electron chi connectivity index (χ2n) is 3.68. The van der Waals surface area contributed by atoms with E-state index in [0.29, 0.717) is 16.0 Å². The molecule has 84 valence electrons. The molecule has 1 rings (SSSR count). The highest BCUT2D eigenvalue weighted by Crippen LogP contribution is 2.25. The van der Waals surface area contributed by atoms with Gasteiger partial charge in [-0.15, -0.1) is 0 Å². The topological polar surface area (TPSA) is 38.0 Å². The average Bonchev–Trinajstić information content (AvgIpc) is 2.21. The lowest BCUT2D eigenvalue weighted by Gasteiger charge is -2.11. The fraction of sp³-hybridized carbons (Fsp3) is 0.455. The summed E-state index contributed by atoms with van der Waals surface area (Å²) < 4.78 is 0. The molecule has 0 bridgehead atoms. The van der Waals surface area contributed by atoms with Crippen LogP contribution in [0.15, 0.2) is 18.2 Å². The molecule has 0 aliphatic carbocycles. The van der Waals surface area contributed by atoms with Crippen molar-refractivity contribution in [1.82, 2.24) is 0 Å². The Labute approximate surface area is 101 Å². The molecule has 1 atom stereocenters. The van der Waals surface area contributed by atoms with Gasteiger partial charge in [-0.2, -0.15) is 0 Å². The van der Waals surface area contributed by atoms with E-state index in [0.717, 1.165) is 25.2 Å². The molecule has 15 heavy (non-hydrogen) atoms. The molecule has 0 aliphatic heterocycles. The summed E-state index contributed by atoms with van der Waals surface area (Å²) in [6.45, 7) is 3.72. The van der Waals surface area contributed by atoms with Gasteiger partial charge in [0.1, 0.15) is 0 Å². The number of hydrogen-bond donors (Lipinski definition) is 2. The van der Waals surface area contributed by atoms with Crippen molar-refractivity contribution in [3.63, 3.8) is 0 Å². The van der Waals surface area contributed by atoms with E-state index < -0.39 is 0 Å². The smallest absolute Gasteiger partial charge is 0.0652 e. The van der Waals surface area contributed by atoms with Gasteiger partial charge < -0.3 is 11.1 Å². The lowest BCUT2D eigenvalue weighted by atomic mass is 10.1. The molecule has 0 heterocycles. The number of nitrogens with two attached hydrogens (primary N) is 1. The van der Waals surface area contributed by atoms with Crippen molar-refractivity contribution in [2.75, 3.05) is 18.4 Å². The molecule has 0 radical (unpaired) electrons. The number of anilines is 1. The van der Waals surface area contributed by atoms with E-state index in [9.17, 15) is 0 Å². The summed E-state index contributed by atoms with van der Waals surface area (Å²) in [7, 11) is 0. The molecule has 2 nitrogen and oxygen atoms in total. The Morgan fingerprint density at radius 1 is 1.40 bits per heavy atom. The van der Waals surface area contributed by atoms with E-state index in [1.54, 1.807) is 6.07 Å². The van der Waals surface area contributed by atoms with Crippen molar-refractivity contribution < 1.29 is 0 Å². The highest BCUT2D eigenvalue weighted by atomic mass is 35.5. The molecule has 1 aromatic rings. The van der Waals surface area contributed by atoms with E-state index >= 15 is 0 Å². The first-order chi connectivity index (χ1) is 7.13. The molecule has 0 aliphatic rings. The number of benzene rings is 1. The maximum atomic E-state index is 6.01. The summed E-state index contributed by atoms with van der Waals surface area (Å²) in [4.78, 5) is 0. The van der Waals surface area contributed by atoms with Crippen molar-refractivity contribution in [3.05, 3.63) is 28.2 Å². The van der Waals surface area contributed by atoms with E-state index in [4.69, 9.17) is 28.9 Å². The van der Waals surface area contributed by atoms with E-state index in [1.165, 1.54) is 0 Å². The minimum Gasteiger partial charge on any atom is -0.384 e. The minimum absolute atomic E-state index is 0.531. The zero-order valence-electron chi connectivity index (χ0n) is 8.76. The quantitative estimate of drug-likeness (QED) is 0.836. The summed E-state index contributed by atoms with van der Waals surface area (Å²) in [5, 5.41) is 4.57. The Balaban J connectivity index is 2.44. The maximum absolute atomic E-state index is 6.01. The van der Waals surface area contributed by atoms with Gasteiger partial charge in [-0.1, -0.05) is 30.1 Å². The monoisotopic (exact) mass is 246 g/mol. The van der Waals surface area contributed by atoms with Crippen molar-refractivity contribution in [3.8, 4) is 0 Å². The van der Waals surface area contributed by atoms with Gasteiger partial charge in [0.05, 0.1) is 10.7 Å². The molecule has 0 fully saturated rings. The third-order valence-corrected chi connectivity index (χ3v) is 2.83. The molecule has 1 aromatic carbocycles. The van der Waals surface area contributed by atoms with Crippen molar-refractivity contribution in [2.45, 2.75) is 13.3 Å². The van der Waals surface area contributed by atoms with Crippen LogP contribution in [-0.4, -0.2) is 13.1 Å². The SMILES string of the molecule is CC(CN)CCNc1ccc(Cl)cc1Cl. The summed E-state index contributed by atoms with van der Waals surface area (Å²) in [6.07, 6.45) is 1.04. The van der Waals surface area contributed by atoms with Crippen LogP contribution in [0.2, 0.25) is 10.0 Å². The highest BCUT2D eigenvalue weighted by molar-refractivity contribution is 6.36. The normalized spacial score (nSPS) is 12.5. The van der Waals surface area contributed by atoms with Gasteiger partial charge in [-0.3, -0.25) is 0 Å². The van der Waals surface area contributed by atoms with Crippen LogP contribution in [0, 0.1) is 5.92 Å². The van der Waals surface area contributed by atoms with Crippen LogP contribution < -0.4 is 11.1 Å². The second kappa shape index (κ2) is 6.21. The molecular formula is C11H16Cl2N2. The van der Waals surface area contributed by atoms with Crippen LogP contribution >= 0.6 is 23.2 Å². The average molecular weight is 247 g/mol. The van der Waals surface area contributed by atoms with Crippen LogP contribution in [-0.2, 0) is 0 Å². The van der Waals surface area contributed by atoms with Crippen molar-refractivity contribution in [1.29, 1.82) is 0 Å². The van der Waals surface area contributed by atoms with Crippen molar-refractivity contribution in [2.24, 2.45) is 11.7 Å². The van der Waals surface area contributed by atoms with Gasteiger partial charge in [0, 0.05) is 11.6 Å². The third-order valence-electron chi connectivity index (χ3n) is 2.29. The fourth-order valence-corrected chi connectivity index (χ4v) is 1.68. The predicted molar refractivity (Wildman–Crippen MR) is 67.8 cm³/mol. The number of nitrogens with one attached hydrogen (secondary N) is 1. The van der Waals surface area contributed by atoms with Crippen LogP contribution in [0.1, 0.15) is 13.3 Å². The summed E-state index contributed by atoms with van der Waals surface area (Å²) in [6, 6.07) is 5.44. The molecule has 4 heteroatoms. The van der Waals surface area contributed by atoms with E-state index in [2.05, 4.69) is 12.2 Å². The summed E-state index contributed by atoms with van der Waals surface area (Å²) in [5.41, 5.74) is 6.45. The first kappa shape index (κ1) is 12.6. The largest absolute Gasteiger partial charge is 0.384 e. The first-order valence-electron chi connectivity index (χ1n) is 5.02. The highest BCUT2D eigenvalue weighted by Gasteiger charge is 2.02. The van der Waals surface area contributed by atoms with E-state index in [1.807, 2.05) is 12.1 Å². The maximum Gasteiger partial charge on any atom is 0.0652 e. The van der Waals surface area contributed by atoms with Gasteiger partial charge in [0.25, 0.3) is 0 Å². The summed E-state index contributed by atoms with van der Waals surface area (Å²) in [5.74, 6) is 0.531. The van der Waals surface area contributed by atoms with Gasteiger partial charge in [0.15, 0.2) is 0 Å². The predicted octanol–water partition coefficient (Wildman–Crippen LogP) is 3.39. The van der Waals surface area contributed by atoms with Gasteiger partial charge >= 0.3 is 0 Å². The fourth-order valence-electron chi connectivity index (χ4n) is 1.20. The molecular weight excluding hydrogens is 231 g/mol. The second-order valence-corrected chi connectivity index (χ2v) is 4.52. The summed E-state index contributed by atoms with van der Waals surface area (Å²) >= 11 is 11.8.